The van der Waals surface area contributed by atoms with Gasteiger partial charge in [0.05, 0.1) is 10.7 Å². The number of thiocarbonyl (C=S) groups is 1. The van der Waals surface area contributed by atoms with Gasteiger partial charge in [0, 0.05) is 17.2 Å². The van der Waals surface area contributed by atoms with Crippen molar-refractivity contribution in [3.8, 4) is 0 Å². The summed E-state index contributed by atoms with van der Waals surface area (Å²) in [5.74, 6) is -2.36. The summed E-state index contributed by atoms with van der Waals surface area (Å²) in [5.41, 5.74) is 6.03. The van der Waals surface area contributed by atoms with E-state index in [0.29, 0.717) is 11.6 Å². The Hall–Kier alpha value is -2.05. The molecule has 0 heterocycles. The smallest absolute Gasteiger partial charge is 0.255 e. The molecular formula is C14H9ClF2N2OS. The molecule has 0 saturated carbocycles. The first-order valence-corrected chi connectivity index (χ1v) is 6.53. The lowest BCUT2D eigenvalue weighted by atomic mass is 10.1. The van der Waals surface area contributed by atoms with Crippen LogP contribution in [0, 0.1) is 11.6 Å². The molecule has 1 amide bonds. The first-order valence-electron chi connectivity index (χ1n) is 5.74. The maximum atomic E-state index is 13.6. The third-order valence-electron chi connectivity index (χ3n) is 2.68. The molecule has 0 bridgehead atoms. The molecule has 3 N–H and O–H groups in total. The van der Waals surface area contributed by atoms with Gasteiger partial charge in [0.25, 0.3) is 5.91 Å². The van der Waals surface area contributed by atoms with Crippen molar-refractivity contribution in [2.75, 3.05) is 5.32 Å². The number of amides is 1. The van der Waals surface area contributed by atoms with E-state index in [0.717, 1.165) is 6.07 Å². The lowest BCUT2D eigenvalue weighted by molar-refractivity contribution is 0.102. The lowest BCUT2D eigenvalue weighted by Gasteiger charge is -2.09. The molecule has 0 aliphatic carbocycles. The number of anilines is 1. The second-order valence-corrected chi connectivity index (χ2v) is 4.99. The Morgan fingerprint density at radius 2 is 1.71 bits per heavy atom. The van der Waals surface area contributed by atoms with Crippen LogP contribution in [0.25, 0.3) is 0 Å². The summed E-state index contributed by atoms with van der Waals surface area (Å²) in [4.78, 5) is 12.2. The minimum Gasteiger partial charge on any atom is -0.389 e. The van der Waals surface area contributed by atoms with Gasteiger partial charge in [0.1, 0.15) is 10.8 Å². The summed E-state index contributed by atoms with van der Waals surface area (Å²) >= 11 is 10.5. The predicted molar refractivity (Wildman–Crippen MR) is 81.7 cm³/mol. The van der Waals surface area contributed by atoms with Gasteiger partial charge in [-0.15, -0.1) is 0 Å². The minimum atomic E-state index is -0.951. The number of hydrogen-bond donors (Lipinski definition) is 2. The summed E-state index contributed by atoms with van der Waals surface area (Å²) in [5, 5.41) is 2.07. The fraction of sp³-hybridized carbons (Fsp3) is 0. The Morgan fingerprint density at radius 3 is 2.24 bits per heavy atom. The second-order valence-electron chi connectivity index (χ2n) is 4.14. The van der Waals surface area contributed by atoms with Gasteiger partial charge < -0.3 is 11.1 Å². The fourth-order valence-electron chi connectivity index (χ4n) is 1.63. The van der Waals surface area contributed by atoms with Crippen molar-refractivity contribution in [2.24, 2.45) is 5.73 Å². The van der Waals surface area contributed by atoms with Crippen LogP contribution in [0.5, 0.6) is 0 Å². The van der Waals surface area contributed by atoms with E-state index in [2.05, 4.69) is 5.32 Å². The molecule has 0 aliphatic rings. The number of nitrogens with two attached hydrogens (primary N) is 1. The molecule has 2 aromatic carbocycles. The van der Waals surface area contributed by atoms with Gasteiger partial charge in [-0.1, -0.05) is 36.0 Å². The summed E-state index contributed by atoms with van der Waals surface area (Å²) < 4.78 is 26.5. The Kier molecular flexibility index (Phi) is 4.50. The normalized spacial score (nSPS) is 10.2. The maximum Gasteiger partial charge on any atom is 0.255 e. The van der Waals surface area contributed by atoms with Gasteiger partial charge in [0.2, 0.25) is 0 Å². The lowest BCUT2D eigenvalue weighted by Crippen LogP contribution is -2.14. The van der Waals surface area contributed by atoms with Crippen LogP contribution in [0.4, 0.5) is 14.5 Å². The Labute approximate surface area is 129 Å². The third-order valence-corrected chi connectivity index (χ3v) is 3.21. The number of halogens is 3. The standard InChI is InChI=1S/C14H9ClF2N2OS/c15-10-5-9(16)6-11(17)12(10)19-14(20)8-3-1-7(2-4-8)13(18)21/h1-6H,(H2,18,21)(H,19,20). The van der Waals surface area contributed by atoms with E-state index in [1.165, 1.54) is 12.1 Å². The number of carbonyl (C=O) groups is 1. The highest BCUT2D eigenvalue weighted by atomic mass is 35.5. The molecule has 108 valence electrons. The molecular weight excluding hydrogens is 318 g/mol. The molecule has 0 unspecified atom stereocenters. The molecule has 0 aromatic heterocycles. The molecule has 2 aromatic rings. The zero-order valence-electron chi connectivity index (χ0n) is 10.5. The van der Waals surface area contributed by atoms with Gasteiger partial charge >= 0.3 is 0 Å². The molecule has 0 radical (unpaired) electrons. The van der Waals surface area contributed by atoms with E-state index < -0.39 is 17.5 Å². The van der Waals surface area contributed by atoms with Crippen molar-refractivity contribution < 1.29 is 13.6 Å². The van der Waals surface area contributed by atoms with Crippen LogP contribution < -0.4 is 11.1 Å². The van der Waals surface area contributed by atoms with Crippen molar-refractivity contribution in [1.82, 2.24) is 0 Å². The molecule has 0 atom stereocenters. The van der Waals surface area contributed by atoms with Crippen molar-refractivity contribution in [2.45, 2.75) is 0 Å². The van der Waals surface area contributed by atoms with Crippen LogP contribution in [0.2, 0.25) is 5.02 Å². The van der Waals surface area contributed by atoms with E-state index >= 15 is 0 Å². The molecule has 7 heteroatoms. The highest BCUT2D eigenvalue weighted by molar-refractivity contribution is 7.80. The molecule has 3 nitrogen and oxygen atoms in total. The fourth-order valence-corrected chi connectivity index (χ4v) is 2.01. The Morgan fingerprint density at radius 1 is 1.14 bits per heavy atom. The van der Waals surface area contributed by atoms with Crippen LogP contribution in [0.15, 0.2) is 36.4 Å². The largest absolute Gasteiger partial charge is 0.389 e. The third kappa shape index (κ3) is 3.53. The number of hydrogen-bond acceptors (Lipinski definition) is 2. The van der Waals surface area contributed by atoms with E-state index in [4.69, 9.17) is 29.6 Å². The minimum absolute atomic E-state index is 0.203. The SMILES string of the molecule is NC(=S)c1ccc(C(=O)Nc2c(F)cc(F)cc2Cl)cc1. The van der Waals surface area contributed by atoms with E-state index in [-0.39, 0.29) is 21.3 Å². The summed E-state index contributed by atoms with van der Waals surface area (Å²) in [7, 11) is 0. The van der Waals surface area contributed by atoms with E-state index in [1.54, 1.807) is 12.1 Å². The zero-order chi connectivity index (χ0) is 15.6. The highest BCUT2D eigenvalue weighted by Crippen LogP contribution is 2.26. The highest BCUT2D eigenvalue weighted by Gasteiger charge is 2.14. The van der Waals surface area contributed by atoms with E-state index in [9.17, 15) is 13.6 Å². The van der Waals surface area contributed by atoms with Gasteiger partial charge in [-0.3, -0.25) is 4.79 Å². The van der Waals surface area contributed by atoms with Gasteiger partial charge in [-0.2, -0.15) is 0 Å². The summed E-state index contributed by atoms with van der Waals surface area (Å²) in [6.07, 6.45) is 0. The van der Waals surface area contributed by atoms with Crippen LogP contribution in [-0.4, -0.2) is 10.9 Å². The molecule has 2 rings (SSSR count). The second kappa shape index (κ2) is 6.15. The van der Waals surface area contributed by atoms with Gasteiger partial charge in [-0.05, 0) is 18.2 Å². The monoisotopic (exact) mass is 326 g/mol. The van der Waals surface area contributed by atoms with Crippen molar-refractivity contribution in [1.29, 1.82) is 0 Å². The first kappa shape index (κ1) is 15.3. The number of nitrogens with one attached hydrogen (secondary N) is 1. The molecule has 21 heavy (non-hydrogen) atoms. The average molecular weight is 327 g/mol. The molecule has 0 fully saturated rings. The Balaban J connectivity index is 2.24. The number of benzene rings is 2. The molecule has 0 spiro atoms. The quantitative estimate of drug-likeness (QED) is 0.849. The topological polar surface area (TPSA) is 55.1 Å². The first-order chi connectivity index (χ1) is 9.88. The predicted octanol–water partition coefficient (Wildman–Crippen LogP) is 3.50. The van der Waals surface area contributed by atoms with Crippen molar-refractivity contribution in [3.05, 3.63) is 64.2 Å². The van der Waals surface area contributed by atoms with Gasteiger partial charge in [-0.25, -0.2) is 8.78 Å². The molecule has 0 aliphatic heterocycles. The summed E-state index contributed by atoms with van der Waals surface area (Å²) in [6.45, 7) is 0. The van der Waals surface area contributed by atoms with Crippen LogP contribution in [-0.2, 0) is 0 Å². The van der Waals surface area contributed by atoms with Crippen molar-refractivity contribution >= 4 is 40.4 Å². The van der Waals surface area contributed by atoms with Crippen LogP contribution >= 0.6 is 23.8 Å². The summed E-state index contributed by atoms with van der Waals surface area (Å²) in [6, 6.07) is 7.66. The van der Waals surface area contributed by atoms with E-state index in [1.807, 2.05) is 0 Å². The number of rotatable bonds is 3. The van der Waals surface area contributed by atoms with Crippen LogP contribution in [0.3, 0.4) is 0 Å². The van der Waals surface area contributed by atoms with Crippen LogP contribution in [0.1, 0.15) is 15.9 Å². The zero-order valence-corrected chi connectivity index (χ0v) is 12.1. The van der Waals surface area contributed by atoms with Gasteiger partial charge in [0.15, 0.2) is 5.82 Å². The molecule has 0 saturated heterocycles. The Bertz CT molecular complexity index is 696. The number of carbonyl (C=O) groups excluding carboxylic acids is 1. The average Bonchev–Trinajstić information content (AvgIpc) is 2.42. The van der Waals surface area contributed by atoms with Crippen molar-refractivity contribution in [3.63, 3.8) is 0 Å². The maximum absolute atomic E-state index is 13.6.